The Morgan fingerprint density at radius 2 is 1.80 bits per heavy atom. The molecule has 2 aromatic rings. The molecule has 130 valence electrons. The Morgan fingerprint density at radius 3 is 2.44 bits per heavy atom. The smallest absolute Gasteiger partial charge is 0.342 e. The first-order valence-corrected chi connectivity index (χ1v) is 7.97. The highest BCUT2D eigenvalue weighted by Crippen LogP contribution is 2.22. The van der Waals surface area contributed by atoms with Crippen molar-refractivity contribution in [1.29, 1.82) is 0 Å². The maximum atomic E-state index is 11.9. The predicted octanol–water partition coefficient (Wildman–Crippen LogP) is 2.31. The number of halogens is 1. The Morgan fingerprint density at radius 1 is 1.12 bits per heavy atom. The fraction of sp³-hybridized carbons (Fsp3) is 0.118. The number of hydrogen-bond donors (Lipinski definition) is 3. The SMILES string of the molecule is CNC(=O)c1ccc(NC(=O)COC(=O)c2cc(Br)ccc2O)cc1. The van der Waals surface area contributed by atoms with E-state index in [9.17, 15) is 19.5 Å². The van der Waals surface area contributed by atoms with E-state index in [0.717, 1.165) is 0 Å². The maximum absolute atomic E-state index is 11.9. The number of phenols is 1. The lowest BCUT2D eigenvalue weighted by atomic mass is 10.2. The number of amides is 2. The predicted molar refractivity (Wildman–Crippen MR) is 94.6 cm³/mol. The van der Waals surface area contributed by atoms with Crippen LogP contribution in [-0.4, -0.2) is 36.5 Å². The third kappa shape index (κ3) is 5.05. The van der Waals surface area contributed by atoms with Crippen LogP contribution in [0.1, 0.15) is 20.7 Å². The topological polar surface area (TPSA) is 105 Å². The highest BCUT2D eigenvalue weighted by atomic mass is 79.9. The molecule has 0 saturated carbocycles. The molecule has 0 fully saturated rings. The molecule has 0 spiro atoms. The normalized spacial score (nSPS) is 10.0. The zero-order valence-electron chi connectivity index (χ0n) is 13.2. The Bertz CT molecular complexity index is 805. The molecule has 3 N–H and O–H groups in total. The molecule has 0 heterocycles. The summed E-state index contributed by atoms with van der Waals surface area (Å²) in [5, 5.41) is 14.7. The van der Waals surface area contributed by atoms with Gasteiger partial charge in [-0.2, -0.15) is 0 Å². The number of carbonyl (C=O) groups is 3. The first-order valence-electron chi connectivity index (χ1n) is 7.18. The van der Waals surface area contributed by atoms with Gasteiger partial charge in [0, 0.05) is 22.8 Å². The molecule has 2 amide bonds. The molecule has 0 saturated heterocycles. The number of esters is 1. The molecule has 0 aromatic heterocycles. The monoisotopic (exact) mass is 406 g/mol. The summed E-state index contributed by atoms with van der Waals surface area (Å²) in [6.45, 7) is -0.512. The average molecular weight is 407 g/mol. The summed E-state index contributed by atoms with van der Waals surface area (Å²) in [7, 11) is 1.52. The second kappa shape index (κ2) is 8.29. The third-order valence-electron chi connectivity index (χ3n) is 3.17. The van der Waals surface area contributed by atoms with Crippen LogP contribution in [0.25, 0.3) is 0 Å². The van der Waals surface area contributed by atoms with Crippen molar-refractivity contribution in [3.63, 3.8) is 0 Å². The minimum Gasteiger partial charge on any atom is -0.507 e. The van der Waals surface area contributed by atoms with Gasteiger partial charge in [-0.05, 0) is 42.5 Å². The number of ether oxygens (including phenoxy) is 1. The van der Waals surface area contributed by atoms with Crippen molar-refractivity contribution in [3.05, 3.63) is 58.1 Å². The van der Waals surface area contributed by atoms with E-state index in [2.05, 4.69) is 26.6 Å². The number of hydrogen-bond acceptors (Lipinski definition) is 5. The van der Waals surface area contributed by atoms with Crippen molar-refractivity contribution in [2.45, 2.75) is 0 Å². The molecule has 0 atom stereocenters. The number of phenolic OH excluding ortho intramolecular Hbond substituents is 1. The quantitative estimate of drug-likeness (QED) is 0.660. The highest BCUT2D eigenvalue weighted by Gasteiger charge is 2.15. The van der Waals surface area contributed by atoms with Crippen molar-refractivity contribution in [2.75, 3.05) is 19.0 Å². The first-order chi connectivity index (χ1) is 11.9. The average Bonchev–Trinajstić information content (AvgIpc) is 2.61. The van der Waals surface area contributed by atoms with E-state index >= 15 is 0 Å². The van der Waals surface area contributed by atoms with E-state index in [4.69, 9.17) is 4.74 Å². The molecule has 0 aliphatic heterocycles. The van der Waals surface area contributed by atoms with Crippen LogP contribution >= 0.6 is 15.9 Å². The maximum Gasteiger partial charge on any atom is 0.342 e. The van der Waals surface area contributed by atoms with Crippen LogP contribution in [0.2, 0.25) is 0 Å². The van der Waals surface area contributed by atoms with Crippen molar-refractivity contribution in [3.8, 4) is 5.75 Å². The van der Waals surface area contributed by atoms with Crippen molar-refractivity contribution in [1.82, 2.24) is 5.32 Å². The number of carbonyl (C=O) groups excluding carboxylic acids is 3. The van der Waals surface area contributed by atoms with Gasteiger partial charge in [-0.15, -0.1) is 0 Å². The van der Waals surface area contributed by atoms with Crippen molar-refractivity contribution in [2.24, 2.45) is 0 Å². The van der Waals surface area contributed by atoms with Crippen LogP contribution in [0.4, 0.5) is 5.69 Å². The number of anilines is 1. The third-order valence-corrected chi connectivity index (χ3v) is 3.66. The number of nitrogens with one attached hydrogen (secondary N) is 2. The summed E-state index contributed by atoms with van der Waals surface area (Å²) in [4.78, 5) is 35.2. The molecular formula is C17H15BrN2O5. The molecule has 0 radical (unpaired) electrons. The molecule has 2 rings (SSSR count). The summed E-state index contributed by atoms with van der Waals surface area (Å²) < 4.78 is 5.48. The van der Waals surface area contributed by atoms with E-state index in [0.29, 0.717) is 15.7 Å². The van der Waals surface area contributed by atoms with Crippen molar-refractivity contribution < 1.29 is 24.2 Å². The minimum atomic E-state index is -0.816. The minimum absolute atomic E-state index is 0.0443. The summed E-state index contributed by atoms with van der Waals surface area (Å²) in [6, 6.07) is 10.5. The molecule has 8 heteroatoms. The molecular weight excluding hydrogens is 392 g/mol. The second-order valence-electron chi connectivity index (χ2n) is 4.94. The molecule has 0 unspecified atom stereocenters. The highest BCUT2D eigenvalue weighted by molar-refractivity contribution is 9.10. The van der Waals surface area contributed by atoms with Gasteiger partial charge in [-0.3, -0.25) is 9.59 Å². The Hall–Kier alpha value is -2.87. The van der Waals surface area contributed by atoms with Crippen molar-refractivity contribution >= 4 is 39.4 Å². The number of rotatable bonds is 5. The van der Waals surface area contributed by atoms with Gasteiger partial charge >= 0.3 is 5.97 Å². The van der Waals surface area contributed by atoms with E-state index in [1.165, 1.54) is 19.2 Å². The Kier molecular flexibility index (Phi) is 6.13. The zero-order valence-corrected chi connectivity index (χ0v) is 14.8. The van der Waals surface area contributed by atoms with Gasteiger partial charge in [-0.1, -0.05) is 15.9 Å². The van der Waals surface area contributed by atoms with Gasteiger partial charge in [-0.25, -0.2) is 4.79 Å². The molecule has 2 aromatic carbocycles. The molecule has 7 nitrogen and oxygen atoms in total. The van der Waals surface area contributed by atoms with Crippen LogP contribution in [0.5, 0.6) is 5.75 Å². The summed E-state index contributed by atoms with van der Waals surface area (Å²) in [5.41, 5.74) is 0.869. The Balaban J connectivity index is 1.91. The van der Waals surface area contributed by atoms with Crippen LogP contribution in [-0.2, 0) is 9.53 Å². The van der Waals surface area contributed by atoms with E-state index < -0.39 is 18.5 Å². The summed E-state index contributed by atoms with van der Waals surface area (Å²) in [5.74, 6) is -1.83. The largest absolute Gasteiger partial charge is 0.507 e. The van der Waals surface area contributed by atoms with E-state index in [1.807, 2.05) is 0 Å². The summed E-state index contributed by atoms with van der Waals surface area (Å²) >= 11 is 3.18. The van der Waals surface area contributed by atoms with Gasteiger partial charge in [0.05, 0.1) is 0 Å². The second-order valence-corrected chi connectivity index (χ2v) is 5.86. The standard InChI is InChI=1S/C17H15BrN2O5/c1-19-16(23)10-2-5-12(6-3-10)20-15(22)9-25-17(24)13-8-11(18)4-7-14(13)21/h2-8,21H,9H2,1H3,(H,19,23)(H,20,22). The molecule has 0 aliphatic carbocycles. The first kappa shape index (κ1) is 18.5. The number of benzene rings is 2. The van der Waals surface area contributed by atoms with Gasteiger partial charge in [0.1, 0.15) is 11.3 Å². The Labute approximate surface area is 152 Å². The van der Waals surface area contributed by atoms with Crippen LogP contribution in [0, 0.1) is 0 Å². The fourth-order valence-corrected chi connectivity index (χ4v) is 2.29. The van der Waals surface area contributed by atoms with Crippen LogP contribution in [0.3, 0.4) is 0 Å². The summed E-state index contributed by atoms with van der Waals surface area (Å²) in [6.07, 6.45) is 0. The van der Waals surface area contributed by atoms with Crippen LogP contribution < -0.4 is 10.6 Å². The van der Waals surface area contributed by atoms with Gasteiger partial charge < -0.3 is 20.5 Å². The molecule has 25 heavy (non-hydrogen) atoms. The van der Waals surface area contributed by atoms with Crippen LogP contribution in [0.15, 0.2) is 46.9 Å². The zero-order chi connectivity index (χ0) is 18.4. The fourth-order valence-electron chi connectivity index (χ4n) is 1.93. The molecule has 0 aliphatic rings. The number of aromatic hydroxyl groups is 1. The van der Waals surface area contributed by atoms with Gasteiger partial charge in [0.25, 0.3) is 11.8 Å². The molecule has 0 bridgehead atoms. The van der Waals surface area contributed by atoms with E-state index in [-0.39, 0.29) is 17.2 Å². The lowest BCUT2D eigenvalue weighted by Gasteiger charge is -2.08. The van der Waals surface area contributed by atoms with Gasteiger partial charge in [0.2, 0.25) is 0 Å². The van der Waals surface area contributed by atoms with E-state index in [1.54, 1.807) is 30.3 Å². The lowest BCUT2D eigenvalue weighted by Crippen LogP contribution is -2.21. The lowest BCUT2D eigenvalue weighted by molar-refractivity contribution is -0.119. The van der Waals surface area contributed by atoms with Gasteiger partial charge in [0.15, 0.2) is 6.61 Å².